The molecule has 0 saturated carbocycles. The van der Waals surface area contributed by atoms with Crippen LogP contribution >= 0.6 is 0 Å². The summed E-state index contributed by atoms with van der Waals surface area (Å²) in [7, 11) is 0. The van der Waals surface area contributed by atoms with Crippen molar-refractivity contribution in [3.8, 4) is 0 Å². The van der Waals surface area contributed by atoms with E-state index in [0.717, 1.165) is 42.0 Å². The Morgan fingerprint density at radius 2 is 2.00 bits per heavy atom. The first-order valence-corrected chi connectivity index (χ1v) is 10.3. The summed E-state index contributed by atoms with van der Waals surface area (Å²) in [5.74, 6) is 0.570. The van der Waals surface area contributed by atoms with Crippen molar-refractivity contribution in [2.75, 3.05) is 18.4 Å². The van der Waals surface area contributed by atoms with Gasteiger partial charge in [0.1, 0.15) is 0 Å². The lowest BCUT2D eigenvalue weighted by Gasteiger charge is -2.31. The van der Waals surface area contributed by atoms with Gasteiger partial charge in [0.15, 0.2) is 5.65 Å². The van der Waals surface area contributed by atoms with Crippen molar-refractivity contribution < 1.29 is 4.79 Å². The number of piperidine rings is 1. The molecule has 1 atom stereocenters. The summed E-state index contributed by atoms with van der Waals surface area (Å²) in [5.41, 5.74) is 6.34. The standard InChI is InChI=1S/C24H28N4O/c1-15-7-6-12-28(14-15)24(29)20-13-25-23-19(11-10-17(3)26-23)22(20)27-21-9-5-8-16(2)18(21)4/h5,8-11,13,15H,6-7,12,14H2,1-4H3,(H,25,26,27)/t15-/m1/s1. The average Bonchev–Trinajstić information content (AvgIpc) is 2.71. The summed E-state index contributed by atoms with van der Waals surface area (Å²) in [6, 6.07) is 10.2. The van der Waals surface area contributed by atoms with Crippen LogP contribution in [0.4, 0.5) is 11.4 Å². The van der Waals surface area contributed by atoms with Gasteiger partial charge in [-0.05, 0) is 68.9 Å². The third-order valence-electron chi connectivity index (χ3n) is 5.91. The van der Waals surface area contributed by atoms with Crippen molar-refractivity contribution in [3.05, 3.63) is 58.9 Å². The number of rotatable bonds is 3. The minimum absolute atomic E-state index is 0.0410. The van der Waals surface area contributed by atoms with E-state index >= 15 is 0 Å². The highest BCUT2D eigenvalue weighted by Gasteiger charge is 2.25. The Morgan fingerprint density at radius 3 is 2.79 bits per heavy atom. The minimum atomic E-state index is 0.0410. The topological polar surface area (TPSA) is 58.1 Å². The van der Waals surface area contributed by atoms with Gasteiger partial charge < -0.3 is 10.2 Å². The number of amides is 1. The molecule has 1 aliphatic rings. The average molecular weight is 389 g/mol. The fraction of sp³-hybridized carbons (Fsp3) is 0.375. The van der Waals surface area contributed by atoms with Crippen LogP contribution in [0.2, 0.25) is 0 Å². The van der Waals surface area contributed by atoms with Crippen molar-refractivity contribution in [3.63, 3.8) is 0 Å². The first-order valence-electron chi connectivity index (χ1n) is 10.3. The number of anilines is 2. The lowest BCUT2D eigenvalue weighted by atomic mass is 9.99. The number of pyridine rings is 2. The number of aromatic nitrogens is 2. The molecule has 1 fully saturated rings. The maximum atomic E-state index is 13.4. The molecule has 3 aromatic rings. The molecule has 1 aromatic carbocycles. The van der Waals surface area contributed by atoms with Gasteiger partial charge in [0.2, 0.25) is 0 Å². The molecule has 0 aliphatic carbocycles. The number of carbonyl (C=O) groups excluding carboxylic acids is 1. The first-order chi connectivity index (χ1) is 13.9. The second-order valence-electron chi connectivity index (χ2n) is 8.24. The van der Waals surface area contributed by atoms with Crippen LogP contribution in [0.1, 0.15) is 46.9 Å². The second kappa shape index (κ2) is 7.82. The van der Waals surface area contributed by atoms with Crippen molar-refractivity contribution in [2.45, 2.75) is 40.5 Å². The van der Waals surface area contributed by atoms with E-state index in [-0.39, 0.29) is 5.91 Å². The molecule has 2 aromatic heterocycles. The van der Waals surface area contributed by atoms with Gasteiger partial charge in [-0.15, -0.1) is 0 Å². The van der Waals surface area contributed by atoms with Crippen molar-refractivity contribution in [1.29, 1.82) is 0 Å². The van der Waals surface area contributed by atoms with E-state index in [2.05, 4.69) is 42.1 Å². The summed E-state index contributed by atoms with van der Waals surface area (Å²) in [4.78, 5) is 24.5. The molecule has 1 aliphatic heterocycles. The SMILES string of the molecule is Cc1ccc2c(Nc3cccc(C)c3C)c(C(=O)N3CCC[C@@H](C)C3)cnc2n1. The molecule has 3 heterocycles. The molecule has 4 rings (SSSR count). The summed E-state index contributed by atoms with van der Waals surface area (Å²) in [6.45, 7) is 9.95. The number of benzene rings is 1. The van der Waals surface area contributed by atoms with Crippen molar-refractivity contribution >= 4 is 28.3 Å². The highest BCUT2D eigenvalue weighted by molar-refractivity contribution is 6.07. The maximum absolute atomic E-state index is 13.4. The Kier molecular flexibility index (Phi) is 5.22. The van der Waals surface area contributed by atoms with E-state index < -0.39 is 0 Å². The maximum Gasteiger partial charge on any atom is 0.257 e. The minimum Gasteiger partial charge on any atom is -0.354 e. The Balaban J connectivity index is 1.83. The van der Waals surface area contributed by atoms with Crippen LogP contribution in [0, 0.1) is 26.7 Å². The third-order valence-corrected chi connectivity index (χ3v) is 5.91. The van der Waals surface area contributed by atoms with E-state index in [1.54, 1.807) is 6.20 Å². The van der Waals surface area contributed by atoms with E-state index in [4.69, 9.17) is 0 Å². The Hall–Kier alpha value is -2.95. The number of hydrogen-bond donors (Lipinski definition) is 1. The lowest BCUT2D eigenvalue weighted by molar-refractivity contribution is 0.0684. The number of nitrogens with one attached hydrogen (secondary N) is 1. The molecule has 5 heteroatoms. The number of carbonyl (C=O) groups is 1. The van der Waals surface area contributed by atoms with Crippen LogP contribution in [0.15, 0.2) is 36.5 Å². The highest BCUT2D eigenvalue weighted by atomic mass is 16.2. The number of aryl methyl sites for hydroxylation is 2. The molecule has 0 spiro atoms. The Bertz CT molecular complexity index is 1080. The third kappa shape index (κ3) is 3.82. The molecule has 5 nitrogen and oxygen atoms in total. The molecule has 29 heavy (non-hydrogen) atoms. The largest absolute Gasteiger partial charge is 0.354 e. The molecule has 1 amide bonds. The Morgan fingerprint density at radius 1 is 1.17 bits per heavy atom. The number of hydrogen-bond acceptors (Lipinski definition) is 4. The van der Waals surface area contributed by atoms with E-state index in [0.29, 0.717) is 17.1 Å². The summed E-state index contributed by atoms with van der Waals surface area (Å²) in [5, 5.41) is 4.42. The van der Waals surface area contributed by atoms with Crippen molar-refractivity contribution in [2.24, 2.45) is 5.92 Å². The van der Waals surface area contributed by atoms with Crippen LogP contribution in [0.5, 0.6) is 0 Å². The number of fused-ring (bicyclic) bond motifs is 1. The smallest absolute Gasteiger partial charge is 0.257 e. The fourth-order valence-corrected chi connectivity index (χ4v) is 4.03. The van der Waals surface area contributed by atoms with E-state index in [9.17, 15) is 4.79 Å². The lowest BCUT2D eigenvalue weighted by Crippen LogP contribution is -2.39. The number of likely N-dealkylation sites (tertiary alicyclic amines) is 1. The van der Waals surface area contributed by atoms with Crippen LogP contribution < -0.4 is 5.32 Å². The van der Waals surface area contributed by atoms with Gasteiger partial charge in [-0.25, -0.2) is 9.97 Å². The van der Waals surface area contributed by atoms with Crippen LogP contribution in [-0.2, 0) is 0 Å². The van der Waals surface area contributed by atoms with Gasteiger partial charge in [0.05, 0.1) is 11.3 Å². The predicted molar refractivity (Wildman–Crippen MR) is 118 cm³/mol. The first kappa shape index (κ1) is 19.4. The fourth-order valence-electron chi connectivity index (χ4n) is 4.03. The quantitative estimate of drug-likeness (QED) is 0.672. The zero-order valence-corrected chi connectivity index (χ0v) is 17.6. The van der Waals surface area contributed by atoms with Crippen LogP contribution in [0.3, 0.4) is 0 Å². The molecule has 1 N–H and O–H groups in total. The van der Waals surface area contributed by atoms with Gasteiger partial charge >= 0.3 is 0 Å². The predicted octanol–water partition coefficient (Wildman–Crippen LogP) is 5.17. The van der Waals surface area contributed by atoms with E-state index in [1.165, 1.54) is 17.5 Å². The normalized spacial score (nSPS) is 16.8. The van der Waals surface area contributed by atoms with Crippen LogP contribution in [0.25, 0.3) is 11.0 Å². The van der Waals surface area contributed by atoms with Gasteiger partial charge in [-0.3, -0.25) is 4.79 Å². The molecular formula is C24H28N4O. The summed E-state index contributed by atoms with van der Waals surface area (Å²) < 4.78 is 0. The highest BCUT2D eigenvalue weighted by Crippen LogP contribution is 2.32. The van der Waals surface area contributed by atoms with Crippen molar-refractivity contribution in [1.82, 2.24) is 14.9 Å². The number of nitrogens with zero attached hydrogens (tertiary/aromatic N) is 3. The monoisotopic (exact) mass is 388 g/mol. The molecular weight excluding hydrogens is 360 g/mol. The Labute approximate surface area is 172 Å². The van der Waals surface area contributed by atoms with Gasteiger partial charge in [-0.2, -0.15) is 0 Å². The van der Waals surface area contributed by atoms with E-state index in [1.807, 2.05) is 36.1 Å². The second-order valence-corrected chi connectivity index (χ2v) is 8.24. The van der Waals surface area contributed by atoms with Crippen LogP contribution in [-0.4, -0.2) is 33.9 Å². The summed E-state index contributed by atoms with van der Waals surface area (Å²) in [6.07, 6.45) is 3.91. The molecule has 150 valence electrons. The molecule has 1 saturated heterocycles. The summed E-state index contributed by atoms with van der Waals surface area (Å²) >= 11 is 0. The van der Waals surface area contributed by atoms with Gasteiger partial charge in [0, 0.05) is 36.1 Å². The van der Waals surface area contributed by atoms with Gasteiger partial charge in [0.25, 0.3) is 5.91 Å². The molecule has 0 unspecified atom stereocenters. The molecule has 0 bridgehead atoms. The molecule has 0 radical (unpaired) electrons. The zero-order chi connectivity index (χ0) is 20.5. The zero-order valence-electron chi connectivity index (χ0n) is 17.6. The van der Waals surface area contributed by atoms with Gasteiger partial charge in [-0.1, -0.05) is 19.1 Å².